The fourth-order valence-electron chi connectivity index (χ4n) is 3.03. The largest absolute Gasteiger partial charge is 0.366 e. The van der Waals surface area contributed by atoms with E-state index in [0.717, 1.165) is 36.5 Å². The maximum absolute atomic E-state index is 14.0. The summed E-state index contributed by atoms with van der Waals surface area (Å²) in [6.45, 7) is 7.01. The van der Waals surface area contributed by atoms with Crippen molar-refractivity contribution >= 4 is 17.7 Å². The van der Waals surface area contributed by atoms with Crippen LogP contribution >= 0.6 is 0 Å². The van der Waals surface area contributed by atoms with Crippen LogP contribution in [0.15, 0.2) is 18.2 Å². The average molecular weight is 302 g/mol. The van der Waals surface area contributed by atoms with Gasteiger partial charge in [-0.25, -0.2) is 4.39 Å². The van der Waals surface area contributed by atoms with E-state index in [4.69, 9.17) is 0 Å². The first-order valence-electron chi connectivity index (χ1n) is 7.36. The lowest BCUT2D eigenvalue weighted by atomic mass is 10.1. The zero-order valence-electron chi connectivity index (χ0n) is 12.8. The highest BCUT2D eigenvalue weighted by molar-refractivity contribution is 5.77. The Morgan fingerprint density at radius 2 is 1.86 bits per heavy atom. The molecule has 0 saturated carbocycles. The van der Waals surface area contributed by atoms with Crippen LogP contribution in [0.1, 0.15) is 21.7 Å². The van der Waals surface area contributed by atoms with Gasteiger partial charge in [-0.2, -0.15) is 5.10 Å². The van der Waals surface area contributed by atoms with Crippen LogP contribution in [0.3, 0.4) is 0 Å². The van der Waals surface area contributed by atoms with Crippen molar-refractivity contribution in [1.82, 2.24) is 10.2 Å². The van der Waals surface area contributed by atoms with Crippen LogP contribution in [0.2, 0.25) is 0 Å². The molecule has 1 fully saturated rings. The standard InChI is InChI=1S/C16H19FN4O/c1-11-16(12(2)19-18-11)21-7-5-20(6-8-21)15-9-13(10-22)3-4-14(15)17/h3-4,9-10H,5-8H2,1-2H3,(H,18,19). The van der Waals surface area contributed by atoms with Crippen molar-refractivity contribution in [1.29, 1.82) is 0 Å². The summed E-state index contributed by atoms with van der Waals surface area (Å²) in [5, 5.41) is 7.22. The molecule has 1 aliphatic heterocycles. The predicted octanol–water partition coefficient (Wildman–Crippen LogP) is 2.30. The Hall–Kier alpha value is -2.37. The maximum atomic E-state index is 14.0. The summed E-state index contributed by atoms with van der Waals surface area (Å²) in [6.07, 6.45) is 0.747. The molecule has 5 nitrogen and oxygen atoms in total. The Kier molecular flexibility index (Phi) is 3.83. The first-order chi connectivity index (χ1) is 10.6. The van der Waals surface area contributed by atoms with Crippen molar-refractivity contribution in [2.75, 3.05) is 36.0 Å². The number of nitrogens with zero attached hydrogens (tertiary/aromatic N) is 3. The third-order valence-electron chi connectivity index (χ3n) is 4.13. The van der Waals surface area contributed by atoms with Crippen LogP contribution in [0, 0.1) is 19.7 Å². The van der Waals surface area contributed by atoms with Gasteiger partial charge in [0.25, 0.3) is 0 Å². The summed E-state index contributed by atoms with van der Waals surface area (Å²) in [6, 6.07) is 4.47. The number of benzene rings is 1. The lowest BCUT2D eigenvalue weighted by Gasteiger charge is -2.37. The second-order valence-electron chi connectivity index (χ2n) is 5.59. The van der Waals surface area contributed by atoms with Gasteiger partial charge in [0.2, 0.25) is 0 Å². The lowest BCUT2D eigenvalue weighted by molar-refractivity contribution is 0.112. The summed E-state index contributed by atoms with van der Waals surface area (Å²) in [5.74, 6) is -0.283. The number of piperazine rings is 1. The first kappa shape index (κ1) is 14.6. The maximum Gasteiger partial charge on any atom is 0.150 e. The van der Waals surface area contributed by atoms with Crippen molar-refractivity contribution in [2.24, 2.45) is 0 Å². The molecule has 1 aromatic heterocycles. The molecular weight excluding hydrogens is 283 g/mol. The minimum atomic E-state index is -0.283. The van der Waals surface area contributed by atoms with E-state index in [9.17, 15) is 9.18 Å². The van der Waals surface area contributed by atoms with Gasteiger partial charge in [0.15, 0.2) is 0 Å². The summed E-state index contributed by atoms with van der Waals surface area (Å²) in [5.41, 5.74) is 4.19. The Balaban J connectivity index is 1.76. The molecular formula is C16H19FN4O. The third kappa shape index (κ3) is 2.56. The Bertz CT molecular complexity index is 670. The minimum Gasteiger partial charge on any atom is -0.366 e. The fourth-order valence-corrected chi connectivity index (χ4v) is 3.03. The summed E-state index contributed by atoms with van der Waals surface area (Å²) in [7, 11) is 0. The van der Waals surface area contributed by atoms with Gasteiger partial charge in [0.05, 0.1) is 22.8 Å². The van der Waals surface area contributed by atoms with Crippen LogP contribution in [-0.4, -0.2) is 42.7 Å². The van der Waals surface area contributed by atoms with Crippen LogP contribution < -0.4 is 9.80 Å². The van der Waals surface area contributed by atoms with E-state index >= 15 is 0 Å². The summed E-state index contributed by atoms with van der Waals surface area (Å²) >= 11 is 0. The predicted molar refractivity (Wildman–Crippen MR) is 84.3 cm³/mol. The molecule has 2 aromatic rings. The van der Waals surface area contributed by atoms with Gasteiger partial charge in [0, 0.05) is 31.7 Å². The molecule has 0 amide bonds. The van der Waals surface area contributed by atoms with Crippen molar-refractivity contribution < 1.29 is 9.18 Å². The Morgan fingerprint density at radius 1 is 1.18 bits per heavy atom. The highest BCUT2D eigenvalue weighted by atomic mass is 19.1. The van der Waals surface area contributed by atoms with Gasteiger partial charge < -0.3 is 9.80 Å². The van der Waals surface area contributed by atoms with E-state index in [1.54, 1.807) is 6.07 Å². The fraction of sp³-hybridized carbons (Fsp3) is 0.375. The van der Waals surface area contributed by atoms with E-state index in [-0.39, 0.29) is 5.82 Å². The number of nitrogens with one attached hydrogen (secondary N) is 1. The number of anilines is 2. The molecule has 116 valence electrons. The van der Waals surface area contributed by atoms with Gasteiger partial charge in [0.1, 0.15) is 12.1 Å². The number of carbonyl (C=O) groups excluding carboxylic acids is 1. The smallest absolute Gasteiger partial charge is 0.150 e. The number of aldehydes is 1. The number of H-pyrrole nitrogens is 1. The molecule has 0 spiro atoms. The molecule has 1 aliphatic rings. The molecule has 0 aliphatic carbocycles. The number of aromatic amines is 1. The van der Waals surface area contributed by atoms with Gasteiger partial charge in [-0.15, -0.1) is 0 Å². The van der Waals surface area contributed by atoms with Crippen LogP contribution in [0.5, 0.6) is 0 Å². The second-order valence-corrected chi connectivity index (χ2v) is 5.59. The molecule has 22 heavy (non-hydrogen) atoms. The normalized spacial score (nSPS) is 15.2. The van der Waals surface area contributed by atoms with Crippen molar-refractivity contribution in [3.8, 4) is 0 Å². The van der Waals surface area contributed by atoms with E-state index in [1.165, 1.54) is 12.1 Å². The highest BCUT2D eigenvalue weighted by Gasteiger charge is 2.23. The molecule has 6 heteroatoms. The number of rotatable bonds is 3. The highest BCUT2D eigenvalue weighted by Crippen LogP contribution is 2.26. The van der Waals surface area contributed by atoms with E-state index in [1.807, 2.05) is 18.7 Å². The van der Waals surface area contributed by atoms with Gasteiger partial charge in [-0.3, -0.25) is 9.89 Å². The summed E-state index contributed by atoms with van der Waals surface area (Å²) in [4.78, 5) is 15.1. The van der Waals surface area contributed by atoms with Crippen LogP contribution in [-0.2, 0) is 0 Å². The topological polar surface area (TPSA) is 52.2 Å². The lowest BCUT2D eigenvalue weighted by Crippen LogP contribution is -2.47. The van der Waals surface area contributed by atoms with Crippen molar-refractivity contribution in [3.05, 3.63) is 41.0 Å². The van der Waals surface area contributed by atoms with Gasteiger partial charge >= 0.3 is 0 Å². The Labute approximate surface area is 128 Å². The Morgan fingerprint density at radius 3 is 2.45 bits per heavy atom. The number of aromatic nitrogens is 2. The third-order valence-corrected chi connectivity index (χ3v) is 4.13. The number of carbonyl (C=O) groups is 1. The van der Waals surface area contributed by atoms with Crippen molar-refractivity contribution in [3.63, 3.8) is 0 Å². The molecule has 1 N–H and O–H groups in total. The van der Waals surface area contributed by atoms with E-state index < -0.39 is 0 Å². The second kappa shape index (κ2) is 5.79. The molecule has 3 rings (SSSR count). The molecule has 1 saturated heterocycles. The van der Waals surface area contributed by atoms with Gasteiger partial charge in [-0.05, 0) is 32.0 Å². The number of hydrogen-bond acceptors (Lipinski definition) is 4. The van der Waals surface area contributed by atoms with E-state index in [2.05, 4.69) is 15.1 Å². The zero-order valence-corrected chi connectivity index (χ0v) is 12.8. The van der Waals surface area contributed by atoms with E-state index in [0.29, 0.717) is 24.3 Å². The number of hydrogen-bond donors (Lipinski definition) is 1. The average Bonchev–Trinajstić information content (AvgIpc) is 2.87. The molecule has 2 heterocycles. The monoisotopic (exact) mass is 302 g/mol. The van der Waals surface area contributed by atoms with Crippen molar-refractivity contribution in [2.45, 2.75) is 13.8 Å². The quantitative estimate of drug-likeness (QED) is 0.884. The molecule has 1 aromatic carbocycles. The number of aryl methyl sites for hydroxylation is 2. The number of halogens is 1. The minimum absolute atomic E-state index is 0.283. The van der Waals surface area contributed by atoms with Gasteiger partial charge in [-0.1, -0.05) is 0 Å². The van der Waals surface area contributed by atoms with Crippen LogP contribution in [0.4, 0.5) is 15.8 Å². The first-order valence-corrected chi connectivity index (χ1v) is 7.36. The SMILES string of the molecule is Cc1n[nH]c(C)c1N1CCN(c2cc(C=O)ccc2F)CC1. The molecule has 0 radical (unpaired) electrons. The van der Waals surface area contributed by atoms with Crippen LogP contribution in [0.25, 0.3) is 0 Å². The zero-order chi connectivity index (χ0) is 15.7. The molecule has 0 bridgehead atoms. The molecule has 0 atom stereocenters. The summed E-state index contributed by atoms with van der Waals surface area (Å²) < 4.78 is 14.0. The molecule has 0 unspecified atom stereocenters.